The smallest absolute Gasteiger partial charge is 0.0534 e. The van der Waals surface area contributed by atoms with Crippen molar-refractivity contribution in [1.29, 1.82) is 0 Å². The van der Waals surface area contributed by atoms with Gasteiger partial charge in [0.25, 0.3) is 0 Å². The highest BCUT2D eigenvalue weighted by atomic mass is 32.2. The Morgan fingerprint density at radius 3 is 2.12 bits per heavy atom. The molecule has 1 saturated heterocycles. The summed E-state index contributed by atoms with van der Waals surface area (Å²) in [7, 11) is -0.947. The van der Waals surface area contributed by atoms with Gasteiger partial charge in [-0.1, -0.05) is 51.2 Å². The highest BCUT2D eigenvalue weighted by Crippen LogP contribution is 2.33. The van der Waals surface area contributed by atoms with E-state index in [1.54, 1.807) is 11.8 Å². The molecule has 2 aromatic carbocycles. The summed E-state index contributed by atoms with van der Waals surface area (Å²) in [4.78, 5) is 3.98. The minimum atomic E-state index is -0.947. The second-order valence-corrected chi connectivity index (χ2v) is 16.6. The molecule has 32 heavy (non-hydrogen) atoms. The summed E-state index contributed by atoms with van der Waals surface area (Å²) in [5.41, 5.74) is 8.07. The van der Waals surface area contributed by atoms with Crippen molar-refractivity contribution in [3.05, 3.63) is 71.4 Å². The van der Waals surface area contributed by atoms with Crippen LogP contribution in [0.25, 0.3) is 16.9 Å². The third-order valence-corrected chi connectivity index (χ3v) is 11.1. The van der Waals surface area contributed by atoms with E-state index in [-0.39, 0.29) is 0 Å². The van der Waals surface area contributed by atoms with Crippen molar-refractivity contribution in [3.63, 3.8) is 0 Å². The van der Waals surface area contributed by atoms with Crippen LogP contribution in [0, 0.1) is 6.92 Å². The molecule has 0 spiro atoms. The SMILES string of the molecule is CSc1ccc(-c2cc(CN3CC[Si](C)(C)CC3)c(C)n2-c2ccc(C(C)C)cc2)cc1. The third kappa shape index (κ3) is 5.08. The van der Waals surface area contributed by atoms with E-state index >= 15 is 0 Å². The van der Waals surface area contributed by atoms with Crippen LogP contribution in [-0.4, -0.2) is 36.9 Å². The van der Waals surface area contributed by atoms with Crippen LogP contribution in [-0.2, 0) is 6.54 Å². The van der Waals surface area contributed by atoms with Gasteiger partial charge in [0.15, 0.2) is 0 Å². The molecule has 3 aromatic rings. The molecule has 2 heterocycles. The minimum absolute atomic E-state index is 0.552. The van der Waals surface area contributed by atoms with Crippen LogP contribution in [0.15, 0.2) is 59.5 Å². The maximum absolute atomic E-state index is 2.67. The van der Waals surface area contributed by atoms with E-state index in [1.165, 1.54) is 63.8 Å². The fourth-order valence-electron chi connectivity index (χ4n) is 4.69. The normalized spacial score (nSPS) is 16.6. The molecule has 0 amide bonds. The number of benzene rings is 2. The Morgan fingerprint density at radius 2 is 1.56 bits per heavy atom. The maximum Gasteiger partial charge on any atom is 0.0534 e. The van der Waals surface area contributed by atoms with Crippen LogP contribution in [0.1, 0.15) is 36.6 Å². The van der Waals surface area contributed by atoms with E-state index < -0.39 is 8.07 Å². The van der Waals surface area contributed by atoms with E-state index in [0.29, 0.717) is 5.92 Å². The number of rotatable bonds is 6. The van der Waals surface area contributed by atoms with Gasteiger partial charge in [0.1, 0.15) is 0 Å². The summed E-state index contributed by atoms with van der Waals surface area (Å²) in [6.07, 6.45) is 2.14. The van der Waals surface area contributed by atoms with Crippen molar-refractivity contribution >= 4 is 19.8 Å². The lowest BCUT2D eigenvalue weighted by Crippen LogP contribution is -2.42. The van der Waals surface area contributed by atoms with Gasteiger partial charge in [-0.2, -0.15) is 0 Å². The lowest BCUT2D eigenvalue weighted by molar-refractivity contribution is 0.281. The molecule has 0 bridgehead atoms. The first-order valence-electron chi connectivity index (χ1n) is 12.0. The van der Waals surface area contributed by atoms with Crippen LogP contribution in [0.2, 0.25) is 25.2 Å². The molecule has 0 N–H and O–H groups in total. The van der Waals surface area contributed by atoms with E-state index in [9.17, 15) is 0 Å². The zero-order valence-corrected chi connectivity index (χ0v) is 22.4. The quantitative estimate of drug-likeness (QED) is 0.272. The van der Waals surface area contributed by atoms with Gasteiger partial charge >= 0.3 is 0 Å². The van der Waals surface area contributed by atoms with E-state index in [1.807, 2.05) is 0 Å². The summed E-state index contributed by atoms with van der Waals surface area (Å²) in [5.74, 6) is 0.552. The summed E-state index contributed by atoms with van der Waals surface area (Å²) in [6, 6.07) is 23.5. The van der Waals surface area contributed by atoms with Gasteiger partial charge in [-0.15, -0.1) is 11.8 Å². The second-order valence-electron chi connectivity index (χ2n) is 10.4. The summed E-state index contributed by atoms with van der Waals surface area (Å²) < 4.78 is 2.47. The molecule has 170 valence electrons. The van der Waals surface area contributed by atoms with Gasteiger partial charge < -0.3 is 4.57 Å². The molecule has 1 aliphatic heterocycles. The molecule has 1 fully saturated rings. The van der Waals surface area contributed by atoms with Gasteiger partial charge in [-0.25, -0.2) is 0 Å². The fraction of sp³-hybridized carbons (Fsp3) is 0.429. The zero-order chi connectivity index (χ0) is 22.9. The molecule has 0 saturated carbocycles. The standard InChI is InChI=1S/C28H38N2SSi/c1-21(2)23-7-11-26(12-8-23)30-22(3)25(20-29-15-17-32(5,6)18-16-29)19-28(30)24-9-13-27(31-4)14-10-24/h7-14,19,21H,15-18,20H2,1-6H3. The van der Waals surface area contributed by atoms with E-state index in [4.69, 9.17) is 0 Å². The Balaban J connectivity index is 1.72. The monoisotopic (exact) mass is 462 g/mol. The van der Waals surface area contributed by atoms with Gasteiger partial charge in [0.2, 0.25) is 0 Å². The van der Waals surface area contributed by atoms with Gasteiger partial charge in [-0.05, 0) is 91.3 Å². The molecule has 2 nitrogen and oxygen atoms in total. The highest BCUT2D eigenvalue weighted by molar-refractivity contribution is 7.98. The van der Waals surface area contributed by atoms with E-state index in [0.717, 1.165) is 6.54 Å². The molecular weight excluding hydrogens is 424 g/mol. The van der Waals surface area contributed by atoms with E-state index in [2.05, 4.69) is 104 Å². The van der Waals surface area contributed by atoms with Crippen molar-refractivity contribution in [2.45, 2.75) is 63.3 Å². The number of hydrogen-bond donors (Lipinski definition) is 0. The second kappa shape index (κ2) is 9.62. The Morgan fingerprint density at radius 1 is 0.938 bits per heavy atom. The van der Waals surface area contributed by atoms with Crippen LogP contribution in [0.3, 0.4) is 0 Å². The average molecular weight is 463 g/mol. The van der Waals surface area contributed by atoms with Crippen LogP contribution >= 0.6 is 11.8 Å². The third-order valence-electron chi connectivity index (χ3n) is 7.16. The first kappa shape index (κ1) is 23.4. The summed E-state index contributed by atoms with van der Waals surface area (Å²) in [5, 5.41) is 0. The Kier molecular flexibility index (Phi) is 7.04. The summed E-state index contributed by atoms with van der Waals surface area (Å²) in [6.45, 7) is 15.5. The van der Waals surface area contributed by atoms with Crippen LogP contribution in [0.5, 0.6) is 0 Å². The Labute approximate surface area is 200 Å². The molecule has 0 unspecified atom stereocenters. The molecule has 4 heteroatoms. The molecule has 1 aromatic heterocycles. The first-order chi connectivity index (χ1) is 15.3. The topological polar surface area (TPSA) is 8.17 Å². The molecule has 0 radical (unpaired) electrons. The lowest BCUT2D eigenvalue weighted by atomic mass is 10.0. The molecule has 0 atom stereocenters. The number of aromatic nitrogens is 1. The largest absolute Gasteiger partial charge is 0.314 e. The molecule has 4 rings (SSSR count). The molecular formula is C28H38N2SSi. The van der Waals surface area contributed by atoms with Crippen molar-refractivity contribution < 1.29 is 0 Å². The van der Waals surface area contributed by atoms with Crippen molar-refractivity contribution in [3.8, 4) is 16.9 Å². The van der Waals surface area contributed by atoms with Crippen LogP contribution < -0.4 is 0 Å². The number of nitrogens with zero attached hydrogens (tertiary/aromatic N) is 2. The number of hydrogen-bond acceptors (Lipinski definition) is 2. The Hall–Kier alpha value is -1.75. The number of thioether (sulfide) groups is 1. The van der Waals surface area contributed by atoms with Gasteiger partial charge in [0, 0.05) is 30.9 Å². The molecule has 1 aliphatic rings. The van der Waals surface area contributed by atoms with Crippen LogP contribution in [0.4, 0.5) is 0 Å². The molecule has 0 aliphatic carbocycles. The first-order valence-corrected chi connectivity index (χ1v) is 16.6. The minimum Gasteiger partial charge on any atom is -0.314 e. The Bertz CT molecular complexity index is 1040. The summed E-state index contributed by atoms with van der Waals surface area (Å²) >= 11 is 1.80. The lowest BCUT2D eigenvalue weighted by Gasteiger charge is -2.35. The predicted octanol–water partition coefficient (Wildman–Crippen LogP) is 7.82. The maximum atomic E-state index is 2.67. The van der Waals surface area contributed by atoms with Crippen molar-refractivity contribution in [1.82, 2.24) is 9.47 Å². The van der Waals surface area contributed by atoms with Crippen molar-refractivity contribution in [2.24, 2.45) is 0 Å². The van der Waals surface area contributed by atoms with Gasteiger partial charge in [-0.3, -0.25) is 4.90 Å². The zero-order valence-electron chi connectivity index (χ0n) is 20.6. The fourth-order valence-corrected chi connectivity index (χ4v) is 7.19. The predicted molar refractivity (Wildman–Crippen MR) is 144 cm³/mol. The highest BCUT2D eigenvalue weighted by Gasteiger charge is 2.28. The van der Waals surface area contributed by atoms with Crippen molar-refractivity contribution in [2.75, 3.05) is 19.3 Å². The van der Waals surface area contributed by atoms with Gasteiger partial charge in [0.05, 0.1) is 5.69 Å². The average Bonchev–Trinajstić information content (AvgIpc) is 3.11.